The second-order valence-corrected chi connectivity index (χ2v) is 5.90. The normalized spacial score (nSPS) is 11.4. The largest absolute Gasteiger partial charge is 0.493 e. The van der Waals surface area contributed by atoms with Crippen LogP contribution in [0.2, 0.25) is 0 Å². The summed E-state index contributed by atoms with van der Waals surface area (Å²) in [4.78, 5) is 11.8. The minimum atomic E-state index is -0.943. The highest BCUT2D eigenvalue weighted by molar-refractivity contribution is 6.20. The molecule has 0 aliphatic carbocycles. The number of ether oxygens (including phenoxy) is 1. The number of unbranched alkanes of at least 4 members (excludes halogenated alkanes) is 1. The van der Waals surface area contributed by atoms with E-state index in [1.54, 1.807) is 6.08 Å². The predicted octanol–water partition coefficient (Wildman–Crippen LogP) is 5.11. The summed E-state index contributed by atoms with van der Waals surface area (Å²) in [6, 6.07) is 13.3. The Labute approximate surface area is 143 Å². The molecule has 0 saturated heterocycles. The Bertz CT molecular complexity index is 744. The number of carboxylic acid groups (broad SMARTS) is 1. The smallest absolute Gasteiger partial charge is 0.336 e. The fourth-order valence-electron chi connectivity index (χ4n) is 2.39. The van der Waals surface area contributed by atoms with Crippen molar-refractivity contribution in [3.8, 4) is 5.75 Å². The lowest BCUT2D eigenvalue weighted by Gasteiger charge is -2.11. The number of rotatable bonds is 7. The third kappa shape index (κ3) is 4.48. The van der Waals surface area contributed by atoms with Gasteiger partial charge in [0.1, 0.15) is 5.75 Å². The number of hydrogen-bond acceptors (Lipinski definition) is 2. The second kappa shape index (κ2) is 8.34. The first-order valence-electron chi connectivity index (χ1n) is 8.27. The van der Waals surface area contributed by atoms with Crippen molar-refractivity contribution in [1.82, 2.24) is 0 Å². The molecule has 24 heavy (non-hydrogen) atoms. The van der Waals surface area contributed by atoms with E-state index in [2.05, 4.69) is 6.92 Å². The molecule has 0 aliphatic heterocycles. The maximum atomic E-state index is 11.8. The zero-order valence-electron chi connectivity index (χ0n) is 14.5. The highest BCUT2D eigenvalue weighted by Gasteiger charge is 2.13. The average Bonchev–Trinajstić information content (AvgIpc) is 2.56. The van der Waals surface area contributed by atoms with Gasteiger partial charge in [0.2, 0.25) is 0 Å². The van der Waals surface area contributed by atoms with Gasteiger partial charge in [0.25, 0.3) is 0 Å². The third-order valence-corrected chi connectivity index (χ3v) is 4.02. The van der Waals surface area contributed by atoms with Gasteiger partial charge in [0.05, 0.1) is 12.2 Å². The molecule has 0 radical (unpaired) electrons. The summed E-state index contributed by atoms with van der Waals surface area (Å²) < 4.78 is 5.80. The number of benzene rings is 2. The Balaban J connectivity index is 2.41. The molecule has 126 valence electrons. The van der Waals surface area contributed by atoms with Crippen LogP contribution in [0.4, 0.5) is 0 Å². The molecule has 3 nitrogen and oxygen atoms in total. The van der Waals surface area contributed by atoms with E-state index in [1.165, 1.54) is 0 Å². The molecule has 0 unspecified atom stereocenters. The minimum absolute atomic E-state index is 0.268. The zero-order chi connectivity index (χ0) is 17.5. The van der Waals surface area contributed by atoms with Crippen LogP contribution < -0.4 is 4.74 Å². The van der Waals surface area contributed by atoms with E-state index in [4.69, 9.17) is 4.74 Å². The molecule has 0 amide bonds. The molecule has 0 atom stereocenters. The van der Waals surface area contributed by atoms with E-state index in [-0.39, 0.29) is 5.57 Å². The number of carboxylic acids is 1. The van der Waals surface area contributed by atoms with Crippen LogP contribution in [-0.2, 0) is 4.79 Å². The van der Waals surface area contributed by atoms with Crippen LogP contribution in [0.3, 0.4) is 0 Å². The van der Waals surface area contributed by atoms with E-state index in [9.17, 15) is 9.90 Å². The van der Waals surface area contributed by atoms with Crippen molar-refractivity contribution >= 4 is 17.6 Å². The molecule has 2 aromatic carbocycles. The van der Waals surface area contributed by atoms with E-state index in [0.29, 0.717) is 17.9 Å². The SMILES string of the molecule is CCCCOc1ccccc1/C=C(\C(=O)O)c1ccc(C)c(C)c1. The van der Waals surface area contributed by atoms with Gasteiger partial charge in [-0.3, -0.25) is 0 Å². The molecule has 0 bridgehead atoms. The quantitative estimate of drug-likeness (QED) is 0.437. The van der Waals surface area contributed by atoms with E-state index in [1.807, 2.05) is 56.3 Å². The minimum Gasteiger partial charge on any atom is -0.493 e. The van der Waals surface area contributed by atoms with E-state index < -0.39 is 5.97 Å². The second-order valence-electron chi connectivity index (χ2n) is 5.90. The summed E-state index contributed by atoms with van der Waals surface area (Å²) in [5, 5.41) is 9.64. The van der Waals surface area contributed by atoms with Gasteiger partial charge >= 0.3 is 5.97 Å². The maximum Gasteiger partial charge on any atom is 0.336 e. The molecule has 1 N–H and O–H groups in total. The molecular weight excluding hydrogens is 300 g/mol. The summed E-state index contributed by atoms with van der Waals surface area (Å²) in [5.74, 6) is -0.227. The van der Waals surface area contributed by atoms with Crippen molar-refractivity contribution in [3.05, 3.63) is 64.7 Å². The average molecular weight is 324 g/mol. The van der Waals surface area contributed by atoms with Gasteiger partial charge in [-0.2, -0.15) is 0 Å². The molecule has 0 aliphatic rings. The van der Waals surface area contributed by atoms with Gasteiger partial charge in [-0.15, -0.1) is 0 Å². The topological polar surface area (TPSA) is 46.5 Å². The van der Waals surface area contributed by atoms with Gasteiger partial charge in [0.15, 0.2) is 0 Å². The molecule has 0 fully saturated rings. The molecule has 0 saturated carbocycles. The molecule has 0 spiro atoms. The predicted molar refractivity (Wildman–Crippen MR) is 98.3 cm³/mol. The van der Waals surface area contributed by atoms with Crippen LogP contribution >= 0.6 is 0 Å². The van der Waals surface area contributed by atoms with Crippen LogP contribution in [0.1, 0.15) is 42.0 Å². The van der Waals surface area contributed by atoms with Crippen LogP contribution in [0.5, 0.6) is 5.75 Å². The van der Waals surface area contributed by atoms with Crippen LogP contribution in [0.15, 0.2) is 42.5 Å². The van der Waals surface area contributed by atoms with Crippen molar-refractivity contribution in [2.75, 3.05) is 6.61 Å². The Hall–Kier alpha value is -2.55. The fourth-order valence-corrected chi connectivity index (χ4v) is 2.39. The van der Waals surface area contributed by atoms with Crippen molar-refractivity contribution < 1.29 is 14.6 Å². The van der Waals surface area contributed by atoms with Crippen LogP contribution in [0, 0.1) is 13.8 Å². The lowest BCUT2D eigenvalue weighted by Crippen LogP contribution is -2.02. The van der Waals surface area contributed by atoms with Gasteiger partial charge in [-0.05, 0) is 49.1 Å². The van der Waals surface area contributed by atoms with Crippen LogP contribution in [0.25, 0.3) is 11.6 Å². The van der Waals surface area contributed by atoms with Crippen molar-refractivity contribution in [2.24, 2.45) is 0 Å². The fraction of sp³-hybridized carbons (Fsp3) is 0.286. The highest BCUT2D eigenvalue weighted by Crippen LogP contribution is 2.26. The summed E-state index contributed by atoms with van der Waals surface area (Å²) in [6.07, 6.45) is 3.72. The van der Waals surface area contributed by atoms with Crippen molar-refractivity contribution in [1.29, 1.82) is 0 Å². The number of carbonyl (C=O) groups is 1. The Morgan fingerprint density at radius 3 is 2.54 bits per heavy atom. The first-order valence-corrected chi connectivity index (χ1v) is 8.27. The van der Waals surface area contributed by atoms with Gasteiger partial charge in [0, 0.05) is 5.56 Å². The summed E-state index contributed by atoms with van der Waals surface area (Å²) >= 11 is 0. The van der Waals surface area contributed by atoms with Crippen molar-refractivity contribution in [3.63, 3.8) is 0 Å². The zero-order valence-corrected chi connectivity index (χ0v) is 14.5. The Kier molecular flexibility index (Phi) is 6.19. The number of aryl methyl sites for hydroxylation is 2. The molecule has 2 aromatic rings. The first-order chi connectivity index (χ1) is 11.5. The Morgan fingerprint density at radius 2 is 1.88 bits per heavy atom. The number of para-hydroxylation sites is 1. The lowest BCUT2D eigenvalue weighted by molar-refractivity contribution is -0.130. The summed E-state index contributed by atoms with van der Waals surface area (Å²) in [5.41, 5.74) is 3.97. The molecule has 3 heteroatoms. The van der Waals surface area contributed by atoms with E-state index >= 15 is 0 Å². The molecular formula is C21H24O3. The molecule has 2 rings (SSSR count). The van der Waals surface area contributed by atoms with Gasteiger partial charge in [-0.1, -0.05) is 49.7 Å². The summed E-state index contributed by atoms with van der Waals surface area (Å²) in [7, 11) is 0. The molecule has 0 aromatic heterocycles. The van der Waals surface area contributed by atoms with Crippen molar-refractivity contribution in [2.45, 2.75) is 33.6 Å². The Morgan fingerprint density at radius 1 is 1.12 bits per heavy atom. The van der Waals surface area contributed by atoms with E-state index in [0.717, 1.165) is 29.5 Å². The monoisotopic (exact) mass is 324 g/mol. The van der Waals surface area contributed by atoms with Gasteiger partial charge < -0.3 is 9.84 Å². The number of aliphatic carboxylic acids is 1. The molecule has 0 heterocycles. The summed E-state index contributed by atoms with van der Waals surface area (Å²) in [6.45, 7) is 6.74. The number of hydrogen-bond donors (Lipinski definition) is 1. The standard InChI is InChI=1S/C21H24O3/c1-4-5-12-24-20-9-7-6-8-18(20)14-19(21(22)23)17-11-10-15(2)16(3)13-17/h6-11,13-14H,4-5,12H2,1-3H3,(H,22,23)/b19-14-. The first kappa shape index (κ1) is 17.8. The van der Waals surface area contributed by atoms with Crippen LogP contribution in [-0.4, -0.2) is 17.7 Å². The maximum absolute atomic E-state index is 11.8. The third-order valence-electron chi connectivity index (χ3n) is 4.02. The highest BCUT2D eigenvalue weighted by atomic mass is 16.5. The lowest BCUT2D eigenvalue weighted by atomic mass is 9.98. The van der Waals surface area contributed by atoms with Gasteiger partial charge in [-0.25, -0.2) is 4.79 Å².